The second kappa shape index (κ2) is 6.01. The van der Waals surface area contributed by atoms with Crippen LogP contribution < -0.4 is 5.32 Å². The van der Waals surface area contributed by atoms with E-state index < -0.39 is 0 Å². The monoisotopic (exact) mass is 251 g/mol. The summed E-state index contributed by atoms with van der Waals surface area (Å²) < 4.78 is 0. The van der Waals surface area contributed by atoms with Crippen molar-refractivity contribution in [1.82, 2.24) is 4.98 Å². The topological polar surface area (TPSA) is 48.7 Å². The van der Waals surface area contributed by atoms with Gasteiger partial charge < -0.3 is 5.32 Å². The van der Waals surface area contributed by atoms with Gasteiger partial charge in [-0.1, -0.05) is 19.1 Å². The molecule has 96 valence electrons. The second-order valence-corrected chi connectivity index (χ2v) is 4.48. The molecule has 19 heavy (non-hydrogen) atoms. The first-order chi connectivity index (χ1) is 9.24. The maximum Gasteiger partial charge on any atom is 0.101 e. The van der Waals surface area contributed by atoms with E-state index in [-0.39, 0.29) is 0 Å². The quantitative estimate of drug-likeness (QED) is 0.905. The predicted molar refractivity (Wildman–Crippen MR) is 76.8 cm³/mol. The Morgan fingerprint density at radius 2 is 2.16 bits per heavy atom. The van der Waals surface area contributed by atoms with Crippen LogP contribution in [0.1, 0.15) is 29.3 Å². The van der Waals surface area contributed by atoms with Crippen molar-refractivity contribution >= 4 is 5.69 Å². The average Bonchev–Trinajstić information content (AvgIpc) is 2.46. The van der Waals surface area contributed by atoms with Crippen molar-refractivity contribution in [1.29, 1.82) is 5.26 Å². The van der Waals surface area contributed by atoms with Gasteiger partial charge in [-0.25, -0.2) is 0 Å². The van der Waals surface area contributed by atoms with Gasteiger partial charge in [-0.2, -0.15) is 5.26 Å². The molecule has 0 atom stereocenters. The molecule has 2 rings (SSSR count). The number of pyridine rings is 1. The Morgan fingerprint density at radius 3 is 2.89 bits per heavy atom. The first-order valence-corrected chi connectivity index (χ1v) is 6.42. The number of benzene rings is 1. The first kappa shape index (κ1) is 13.1. The van der Waals surface area contributed by atoms with Gasteiger partial charge in [0.25, 0.3) is 0 Å². The van der Waals surface area contributed by atoms with Crippen molar-refractivity contribution in [3.63, 3.8) is 0 Å². The fourth-order valence-electron chi connectivity index (χ4n) is 2.04. The molecule has 1 aromatic heterocycles. The first-order valence-electron chi connectivity index (χ1n) is 6.42. The van der Waals surface area contributed by atoms with Crippen LogP contribution in [0.25, 0.3) is 0 Å². The number of hydrogen-bond donors (Lipinski definition) is 1. The van der Waals surface area contributed by atoms with Crippen LogP contribution in [0.5, 0.6) is 0 Å². The Labute approximate surface area is 113 Å². The zero-order chi connectivity index (χ0) is 13.7. The standard InChI is InChI=1S/C16H17N3/c1-3-13-5-4-8-18-16(13)11-19-15-7-6-12(2)9-14(15)10-17/h4-9,19H,3,11H2,1-2H3. The van der Waals surface area contributed by atoms with Crippen molar-refractivity contribution < 1.29 is 0 Å². The number of anilines is 1. The highest BCUT2D eigenvalue weighted by molar-refractivity contribution is 5.58. The summed E-state index contributed by atoms with van der Waals surface area (Å²) >= 11 is 0. The Bertz CT molecular complexity index is 612. The van der Waals surface area contributed by atoms with Crippen LogP contribution in [0.15, 0.2) is 36.5 Å². The molecular formula is C16H17N3. The van der Waals surface area contributed by atoms with Crippen LogP contribution in [0, 0.1) is 18.3 Å². The lowest BCUT2D eigenvalue weighted by Crippen LogP contribution is -2.06. The molecule has 0 saturated carbocycles. The maximum absolute atomic E-state index is 9.14. The van der Waals surface area contributed by atoms with Gasteiger partial charge in [0, 0.05) is 6.20 Å². The molecule has 0 aliphatic rings. The lowest BCUT2D eigenvalue weighted by Gasteiger charge is -2.10. The molecule has 0 saturated heterocycles. The third kappa shape index (κ3) is 3.11. The lowest BCUT2D eigenvalue weighted by molar-refractivity contribution is 0.971. The molecule has 0 fully saturated rings. The smallest absolute Gasteiger partial charge is 0.101 e. The minimum absolute atomic E-state index is 0.641. The minimum atomic E-state index is 0.641. The van der Waals surface area contributed by atoms with Crippen LogP contribution >= 0.6 is 0 Å². The van der Waals surface area contributed by atoms with Crippen molar-refractivity contribution in [2.75, 3.05) is 5.32 Å². The highest BCUT2D eigenvalue weighted by Crippen LogP contribution is 2.17. The molecule has 0 unspecified atom stereocenters. The summed E-state index contributed by atoms with van der Waals surface area (Å²) in [5, 5.41) is 12.4. The van der Waals surface area contributed by atoms with Gasteiger partial charge in [0.1, 0.15) is 6.07 Å². The molecule has 0 aliphatic heterocycles. The number of aryl methyl sites for hydroxylation is 2. The fraction of sp³-hybridized carbons (Fsp3) is 0.250. The summed E-state index contributed by atoms with van der Waals surface area (Å²) in [6, 6.07) is 12.1. The summed E-state index contributed by atoms with van der Waals surface area (Å²) in [4.78, 5) is 4.39. The summed E-state index contributed by atoms with van der Waals surface area (Å²) in [6.07, 6.45) is 2.76. The molecule has 3 heteroatoms. The zero-order valence-corrected chi connectivity index (χ0v) is 11.3. The molecule has 1 aromatic carbocycles. The maximum atomic E-state index is 9.14. The van der Waals surface area contributed by atoms with E-state index in [2.05, 4.69) is 29.4 Å². The molecule has 2 aromatic rings. The van der Waals surface area contributed by atoms with E-state index in [0.29, 0.717) is 12.1 Å². The normalized spacial score (nSPS) is 9.95. The molecule has 1 heterocycles. The summed E-state index contributed by atoms with van der Waals surface area (Å²) in [5.41, 5.74) is 4.90. The second-order valence-electron chi connectivity index (χ2n) is 4.48. The summed E-state index contributed by atoms with van der Waals surface area (Å²) in [7, 11) is 0. The van der Waals surface area contributed by atoms with Gasteiger partial charge in [-0.05, 0) is 42.7 Å². The van der Waals surface area contributed by atoms with E-state index in [1.165, 1.54) is 5.56 Å². The molecule has 0 amide bonds. The van der Waals surface area contributed by atoms with Gasteiger partial charge in [0.2, 0.25) is 0 Å². The fourth-order valence-corrected chi connectivity index (χ4v) is 2.04. The van der Waals surface area contributed by atoms with E-state index in [1.54, 1.807) is 6.20 Å². The number of nitrogens with one attached hydrogen (secondary N) is 1. The lowest BCUT2D eigenvalue weighted by atomic mass is 10.1. The van der Waals surface area contributed by atoms with Crippen LogP contribution in [0.3, 0.4) is 0 Å². The van der Waals surface area contributed by atoms with Crippen molar-refractivity contribution in [3.05, 3.63) is 58.9 Å². The zero-order valence-electron chi connectivity index (χ0n) is 11.3. The largest absolute Gasteiger partial charge is 0.378 e. The van der Waals surface area contributed by atoms with Gasteiger partial charge in [0.15, 0.2) is 0 Å². The van der Waals surface area contributed by atoms with Gasteiger partial charge >= 0.3 is 0 Å². The number of nitrogens with zero attached hydrogens (tertiary/aromatic N) is 2. The van der Waals surface area contributed by atoms with Crippen molar-refractivity contribution in [2.45, 2.75) is 26.8 Å². The summed E-state index contributed by atoms with van der Waals surface area (Å²) in [5.74, 6) is 0. The Hall–Kier alpha value is -2.34. The van der Waals surface area contributed by atoms with E-state index in [0.717, 1.165) is 23.4 Å². The highest BCUT2D eigenvalue weighted by atomic mass is 14.9. The van der Waals surface area contributed by atoms with Crippen molar-refractivity contribution in [2.24, 2.45) is 0 Å². The van der Waals surface area contributed by atoms with Crippen LogP contribution in [0.2, 0.25) is 0 Å². The number of rotatable bonds is 4. The Kier molecular flexibility index (Phi) is 4.15. The molecule has 3 nitrogen and oxygen atoms in total. The average molecular weight is 251 g/mol. The van der Waals surface area contributed by atoms with Gasteiger partial charge in [-0.3, -0.25) is 4.98 Å². The van der Waals surface area contributed by atoms with E-state index in [9.17, 15) is 0 Å². The number of aromatic nitrogens is 1. The summed E-state index contributed by atoms with van der Waals surface area (Å²) in [6.45, 7) is 4.74. The SMILES string of the molecule is CCc1cccnc1CNc1ccc(C)cc1C#N. The predicted octanol–water partition coefficient (Wildman–Crippen LogP) is 3.44. The number of hydrogen-bond acceptors (Lipinski definition) is 3. The molecule has 0 radical (unpaired) electrons. The Balaban J connectivity index is 2.17. The molecule has 0 spiro atoms. The molecule has 0 aliphatic carbocycles. The van der Waals surface area contributed by atoms with E-state index in [1.807, 2.05) is 31.2 Å². The van der Waals surface area contributed by atoms with Gasteiger partial charge in [0.05, 0.1) is 23.5 Å². The van der Waals surface area contributed by atoms with Crippen molar-refractivity contribution in [3.8, 4) is 6.07 Å². The third-order valence-electron chi connectivity index (χ3n) is 3.11. The van der Waals surface area contributed by atoms with E-state index in [4.69, 9.17) is 5.26 Å². The van der Waals surface area contributed by atoms with Crippen LogP contribution in [-0.4, -0.2) is 4.98 Å². The third-order valence-corrected chi connectivity index (χ3v) is 3.11. The molecule has 0 bridgehead atoms. The highest BCUT2D eigenvalue weighted by Gasteiger charge is 2.04. The number of nitriles is 1. The van der Waals surface area contributed by atoms with Gasteiger partial charge in [-0.15, -0.1) is 0 Å². The van der Waals surface area contributed by atoms with E-state index >= 15 is 0 Å². The van der Waals surface area contributed by atoms with Crippen LogP contribution in [0.4, 0.5) is 5.69 Å². The molecule has 1 N–H and O–H groups in total. The van der Waals surface area contributed by atoms with Crippen LogP contribution in [-0.2, 0) is 13.0 Å². The minimum Gasteiger partial charge on any atom is -0.378 e. The Morgan fingerprint density at radius 1 is 1.32 bits per heavy atom. The molecular weight excluding hydrogens is 234 g/mol.